The summed E-state index contributed by atoms with van der Waals surface area (Å²) < 4.78 is 5.48. The Bertz CT molecular complexity index is 473. The van der Waals surface area contributed by atoms with Gasteiger partial charge in [0.05, 0.1) is 19.3 Å². The van der Waals surface area contributed by atoms with E-state index >= 15 is 0 Å². The number of aryl methyl sites for hydroxylation is 1. The Balaban J connectivity index is 2.31. The predicted octanol–water partition coefficient (Wildman–Crippen LogP) is 0.830. The van der Waals surface area contributed by atoms with E-state index in [-0.39, 0.29) is 24.0 Å². The van der Waals surface area contributed by atoms with Crippen molar-refractivity contribution in [3.8, 4) is 0 Å². The lowest BCUT2D eigenvalue weighted by Gasteiger charge is -2.41. The fraction of sp³-hybridized carbons (Fsp3) is 0.562. The second kappa shape index (κ2) is 7.02. The topological polar surface area (TPSA) is 67.6 Å². The molecule has 1 fully saturated rings. The molecule has 1 aliphatic heterocycles. The minimum atomic E-state index is -0.291. The van der Waals surface area contributed by atoms with E-state index < -0.39 is 0 Å². The number of nitrogens with two attached hydrogens (primary N) is 1. The van der Waals surface area contributed by atoms with Crippen molar-refractivity contribution in [3.05, 3.63) is 35.4 Å². The number of hydrogen-bond acceptors (Lipinski definition) is 4. The summed E-state index contributed by atoms with van der Waals surface area (Å²) in [5.74, 6) is -0.0209. The van der Waals surface area contributed by atoms with E-state index in [0.717, 1.165) is 5.56 Å². The first kappa shape index (κ1) is 15.9. The van der Waals surface area contributed by atoms with Gasteiger partial charge in [-0.2, -0.15) is 0 Å². The van der Waals surface area contributed by atoms with Crippen molar-refractivity contribution in [1.29, 1.82) is 0 Å². The third kappa shape index (κ3) is 3.61. The van der Waals surface area contributed by atoms with E-state index in [1.807, 2.05) is 6.92 Å². The van der Waals surface area contributed by atoms with Gasteiger partial charge in [0.1, 0.15) is 6.04 Å². The molecule has 1 saturated heterocycles. The van der Waals surface area contributed by atoms with Gasteiger partial charge in [0.2, 0.25) is 5.91 Å². The van der Waals surface area contributed by atoms with E-state index in [9.17, 15) is 4.79 Å². The summed E-state index contributed by atoms with van der Waals surface area (Å²) >= 11 is 0. The van der Waals surface area contributed by atoms with Gasteiger partial charge >= 0.3 is 0 Å². The van der Waals surface area contributed by atoms with Gasteiger partial charge in [0.25, 0.3) is 0 Å². The molecule has 2 rings (SSSR count). The van der Waals surface area contributed by atoms with E-state index in [4.69, 9.17) is 10.5 Å². The molecule has 5 heteroatoms. The molecular weight excluding hydrogens is 266 g/mol. The number of carbonyl (C=O) groups excluding carboxylic acids is 1. The SMILES string of the molecule is CNC(=O)C1COCCN1C(c1ccc(C)cc1)C(C)N. The van der Waals surface area contributed by atoms with Gasteiger partial charge in [-0.15, -0.1) is 0 Å². The smallest absolute Gasteiger partial charge is 0.239 e. The minimum absolute atomic E-state index is 0.0109. The summed E-state index contributed by atoms with van der Waals surface area (Å²) in [5.41, 5.74) is 8.59. The highest BCUT2D eigenvalue weighted by molar-refractivity contribution is 5.81. The number of morpholine rings is 1. The van der Waals surface area contributed by atoms with Crippen LogP contribution in [0.15, 0.2) is 24.3 Å². The number of likely N-dealkylation sites (N-methyl/N-ethyl adjacent to an activating group) is 1. The van der Waals surface area contributed by atoms with Crippen LogP contribution in [-0.4, -0.2) is 49.7 Å². The summed E-state index contributed by atoms with van der Waals surface area (Å²) in [6.45, 7) is 5.79. The molecule has 1 aromatic rings. The van der Waals surface area contributed by atoms with Crippen molar-refractivity contribution in [2.75, 3.05) is 26.8 Å². The van der Waals surface area contributed by atoms with Crippen molar-refractivity contribution in [3.63, 3.8) is 0 Å². The van der Waals surface area contributed by atoms with Crippen LogP contribution in [0.2, 0.25) is 0 Å². The van der Waals surface area contributed by atoms with Crippen LogP contribution < -0.4 is 11.1 Å². The highest BCUT2D eigenvalue weighted by Crippen LogP contribution is 2.27. The van der Waals surface area contributed by atoms with Crippen LogP contribution in [0.5, 0.6) is 0 Å². The molecule has 1 aliphatic rings. The Morgan fingerprint density at radius 2 is 2.10 bits per heavy atom. The van der Waals surface area contributed by atoms with Crippen molar-refractivity contribution in [2.24, 2.45) is 5.73 Å². The van der Waals surface area contributed by atoms with Gasteiger partial charge in [-0.05, 0) is 19.4 Å². The maximum Gasteiger partial charge on any atom is 0.239 e. The minimum Gasteiger partial charge on any atom is -0.378 e. The maximum absolute atomic E-state index is 12.1. The molecule has 0 radical (unpaired) electrons. The first-order valence-corrected chi connectivity index (χ1v) is 7.42. The Kier molecular flexibility index (Phi) is 5.33. The molecule has 3 N–H and O–H groups in total. The zero-order valence-corrected chi connectivity index (χ0v) is 13.0. The average molecular weight is 291 g/mol. The Labute approximate surface area is 126 Å². The van der Waals surface area contributed by atoms with Crippen LogP contribution >= 0.6 is 0 Å². The summed E-state index contributed by atoms with van der Waals surface area (Å²) in [6.07, 6.45) is 0. The Morgan fingerprint density at radius 1 is 1.43 bits per heavy atom. The van der Waals surface area contributed by atoms with Gasteiger partial charge in [-0.25, -0.2) is 0 Å². The predicted molar refractivity (Wildman–Crippen MR) is 82.9 cm³/mol. The molecule has 0 aliphatic carbocycles. The zero-order valence-electron chi connectivity index (χ0n) is 13.0. The van der Waals surface area contributed by atoms with Crippen LogP contribution in [0.1, 0.15) is 24.1 Å². The average Bonchev–Trinajstić information content (AvgIpc) is 2.49. The lowest BCUT2D eigenvalue weighted by Crippen LogP contribution is -2.56. The standard InChI is InChI=1S/C16H25N3O2/c1-11-4-6-13(7-5-11)15(12(2)17)19-8-9-21-10-14(19)16(20)18-3/h4-7,12,14-15H,8-10,17H2,1-3H3,(H,18,20). The Morgan fingerprint density at radius 3 is 2.67 bits per heavy atom. The highest BCUT2D eigenvalue weighted by atomic mass is 16.5. The lowest BCUT2D eigenvalue weighted by atomic mass is 9.96. The van der Waals surface area contributed by atoms with Gasteiger partial charge in [-0.3, -0.25) is 9.69 Å². The quantitative estimate of drug-likeness (QED) is 0.862. The van der Waals surface area contributed by atoms with Gasteiger partial charge in [0, 0.05) is 19.6 Å². The molecule has 3 unspecified atom stereocenters. The number of nitrogens with zero attached hydrogens (tertiary/aromatic N) is 1. The second-order valence-corrected chi connectivity index (χ2v) is 5.66. The molecule has 21 heavy (non-hydrogen) atoms. The number of nitrogens with one attached hydrogen (secondary N) is 1. The highest BCUT2D eigenvalue weighted by Gasteiger charge is 2.36. The number of amides is 1. The number of rotatable bonds is 4. The molecule has 0 aromatic heterocycles. The van der Waals surface area contributed by atoms with E-state index in [1.54, 1.807) is 7.05 Å². The lowest BCUT2D eigenvalue weighted by molar-refractivity contribution is -0.134. The Hall–Kier alpha value is -1.43. The first-order chi connectivity index (χ1) is 10.0. The van der Waals surface area contributed by atoms with Crippen LogP contribution in [0.4, 0.5) is 0 Å². The van der Waals surface area contributed by atoms with Crippen molar-refractivity contribution >= 4 is 5.91 Å². The molecule has 116 valence electrons. The van der Waals surface area contributed by atoms with Crippen LogP contribution in [0, 0.1) is 6.92 Å². The first-order valence-electron chi connectivity index (χ1n) is 7.42. The van der Waals surface area contributed by atoms with Gasteiger partial charge < -0.3 is 15.8 Å². The van der Waals surface area contributed by atoms with Crippen molar-refractivity contribution in [2.45, 2.75) is 32.0 Å². The second-order valence-electron chi connectivity index (χ2n) is 5.66. The fourth-order valence-corrected chi connectivity index (χ4v) is 2.90. The van der Waals surface area contributed by atoms with E-state index in [0.29, 0.717) is 19.8 Å². The molecule has 1 aromatic carbocycles. The van der Waals surface area contributed by atoms with Crippen LogP contribution in [-0.2, 0) is 9.53 Å². The molecule has 0 bridgehead atoms. The van der Waals surface area contributed by atoms with Crippen LogP contribution in [0.25, 0.3) is 0 Å². The molecule has 5 nitrogen and oxygen atoms in total. The molecule has 0 saturated carbocycles. The third-order valence-electron chi connectivity index (χ3n) is 3.99. The summed E-state index contributed by atoms with van der Waals surface area (Å²) in [5, 5.41) is 2.72. The normalized spacial score (nSPS) is 22.6. The third-order valence-corrected chi connectivity index (χ3v) is 3.99. The number of ether oxygens (including phenoxy) is 1. The maximum atomic E-state index is 12.1. The number of carbonyl (C=O) groups is 1. The fourth-order valence-electron chi connectivity index (χ4n) is 2.90. The van der Waals surface area contributed by atoms with E-state index in [2.05, 4.69) is 41.4 Å². The van der Waals surface area contributed by atoms with Crippen molar-refractivity contribution in [1.82, 2.24) is 10.2 Å². The molecule has 1 amide bonds. The van der Waals surface area contributed by atoms with Crippen LogP contribution in [0.3, 0.4) is 0 Å². The van der Waals surface area contributed by atoms with Gasteiger partial charge in [-0.1, -0.05) is 29.8 Å². The van der Waals surface area contributed by atoms with Crippen molar-refractivity contribution < 1.29 is 9.53 Å². The molecule has 0 spiro atoms. The van der Waals surface area contributed by atoms with Gasteiger partial charge in [0.15, 0.2) is 0 Å². The summed E-state index contributed by atoms with van der Waals surface area (Å²) in [6, 6.07) is 8.01. The zero-order chi connectivity index (χ0) is 15.4. The number of hydrogen-bond donors (Lipinski definition) is 2. The largest absolute Gasteiger partial charge is 0.378 e. The molecule has 1 heterocycles. The summed E-state index contributed by atoms with van der Waals surface area (Å²) in [7, 11) is 1.65. The summed E-state index contributed by atoms with van der Waals surface area (Å²) in [4.78, 5) is 14.3. The molecule has 3 atom stereocenters. The van der Waals surface area contributed by atoms with E-state index in [1.165, 1.54) is 5.56 Å². The number of benzene rings is 1. The monoisotopic (exact) mass is 291 g/mol. The molecular formula is C16H25N3O2.